The molecule has 4 rings (SSSR count). The molecule has 27 nitrogen and oxygen atoms in total. The molecule has 86 heavy (non-hydrogen) atoms. The monoisotopic (exact) mass is 1200 g/mol. The average molecular weight is 1200 g/mol. The van der Waals surface area contributed by atoms with Gasteiger partial charge in [-0.2, -0.15) is 0 Å². The van der Waals surface area contributed by atoms with Crippen LogP contribution in [0.25, 0.3) is 0 Å². The summed E-state index contributed by atoms with van der Waals surface area (Å²) in [5.74, 6) is -6.23. The number of hydrogen-bond donors (Lipinski definition) is 14. The maximum atomic E-state index is 14.3. The zero-order chi connectivity index (χ0) is 63.3. The molecular formula is C59H83N13O14. The van der Waals surface area contributed by atoms with E-state index < -0.39 is 83.4 Å². The van der Waals surface area contributed by atoms with Crippen LogP contribution in [0.2, 0.25) is 0 Å². The van der Waals surface area contributed by atoms with Gasteiger partial charge in [0.05, 0.1) is 56.7 Å². The van der Waals surface area contributed by atoms with E-state index in [1.54, 1.807) is 6.07 Å². The van der Waals surface area contributed by atoms with Crippen molar-refractivity contribution in [2.45, 2.75) is 114 Å². The van der Waals surface area contributed by atoms with Crippen molar-refractivity contribution in [2.75, 3.05) is 75.9 Å². The molecule has 0 radical (unpaired) electrons. The topological polar surface area (TPSA) is 437 Å². The first kappa shape index (κ1) is 69.6. The van der Waals surface area contributed by atoms with E-state index in [0.29, 0.717) is 84.0 Å². The van der Waals surface area contributed by atoms with Crippen LogP contribution < -0.4 is 90.2 Å². The minimum atomic E-state index is -1.27. The number of hydrogen-bond acceptors (Lipinski definition) is 18. The minimum absolute atomic E-state index is 0.0238. The minimum Gasteiger partial charge on any atom is -0.496 e. The van der Waals surface area contributed by atoms with Gasteiger partial charge >= 0.3 is 5.97 Å². The fourth-order valence-corrected chi connectivity index (χ4v) is 8.74. The predicted octanol–water partition coefficient (Wildman–Crippen LogP) is 2.92. The van der Waals surface area contributed by atoms with Gasteiger partial charge in [0.1, 0.15) is 47.2 Å². The van der Waals surface area contributed by atoms with Crippen molar-refractivity contribution < 1.29 is 67.2 Å². The number of anilines is 4. The Morgan fingerprint density at radius 1 is 0.395 bits per heavy atom. The first-order valence-corrected chi connectivity index (χ1v) is 28.2. The molecule has 4 aromatic carbocycles. The van der Waals surface area contributed by atoms with E-state index in [9.17, 15) is 48.3 Å². The molecule has 0 spiro atoms. The number of methoxy groups -OCH3 is 4. The summed E-state index contributed by atoms with van der Waals surface area (Å²) in [6.45, 7) is 2.68. The molecule has 27 heteroatoms. The second kappa shape index (κ2) is 36.1. The van der Waals surface area contributed by atoms with Crippen LogP contribution in [-0.2, 0) is 24.0 Å². The fourth-order valence-electron chi connectivity index (χ4n) is 8.74. The third kappa shape index (κ3) is 21.3. The number of ether oxygens (including phenoxy) is 4. The van der Waals surface area contributed by atoms with Crippen molar-refractivity contribution in [3.8, 4) is 23.0 Å². The van der Waals surface area contributed by atoms with Crippen LogP contribution in [0.3, 0.4) is 0 Å². The average Bonchev–Trinajstić information content (AvgIpc) is 2.47. The van der Waals surface area contributed by atoms with Crippen LogP contribution in [0, 0.1) is 0 Å². The molecule has 0 fully saturated rings. The summed E-state index contributed by atoms with van der Waals surface area (Å²) in [5, 5.41) is 30.9. The maximum Gasteiger partial charge on any atom is 0.325 e. The Hall–Kier alpha value is -8.89. The summed E-state index contributed by atoms with van der Waals surface area (Å²) >= 11 is 0. The zero-order valence-electron chi connectivity index (χ0n) is 49.3. The Balaban J connectivity index is 1.56. The Bertz CT molecular complexity index is 2980. The standard InChI is InChI=1S/C59H83N13O14/c1-34(59(81)82)65-51(73)39-31-36(19-23-47(39)83-2)67-56(78)44(15-7-11-27-61)71-53(75)41-33-38(21-25-49(41)85-4)69-58(80)46(17-9-13-29-63)72-54(76)42-32-37(20-24-50(42)86-5)68-57(79)45(16-8-12-28-62)70-52(74)40-30-35(18-22-48(40)84-3)66-55(77)43(64)14-6-10-26-60/h18-25,30-34,43-46H,6-17,26-29,60-64H2,1-5H3,(H,65,73)(H,66,77)(H,67,78)(H,68,79)(H,69,80)(H,70,74)(H,71,75)(H,72,76)(H,81,82)/t34-,43+,44+,45+,46+/m1/s1. The predicted molar refractivity (Wildman–Crippen MR) is 324 cm³/mol. The summed E-state index contributed by atoms with van der Waals surface area (Å²) in [5.41, 5.74) is 29.5. The van der Waals surface area contributed by atoms with Gasteiger partial charge in [0, 0.05) is 22.7 Å². The van der Waals surface area contributed by atoms with E-state index >= 15 is 0 Å². The Labute approximate surface area is 499 Å². The van der Waals surface area contributed by atoms with Crippen molar-refractivity contribution in [1.82, 2.24) is 21.3 Å². The molecule has 0 heterocycles. The fraction of sp³-hybridized carbons (Fsp3) is 0.441. The summed E-state index contributed by atoms with van der Waals surface area (Å²) in [7, 11) is 5.36. The highest BCUT2D eigenvalue weighted by Gasteiger charge is 2.29. The van der Waals surface area contributed by atoms with E-state index in [4.69, 9.17) is 47.6 Å². The SMILES string of the molecule is COc1ccc(NC(=O)[C@H](CCCCN)NC(=O)c2cc(NC(=O)[C@@H](N)CCCCN)ccc2OC)cc1C(=O)N[C@@H](CCCCN)C(=O)Nc1ccc(OC)c(C(=O)N[C@@H](CCCCN)C(=O)Nc2ccc(OC)c(C(=O)N[C@H](C)C(=O)O)c2)c1. The normalized spacial score (nSPS) is 12.6. The number of unbranched alkanes of at least 4 members (excludes halogenated alkanes) is 4. The van der Waals surface area contributed by atoms with Crippen molar-refractivity contribution >= 4 is 76.0 Å². The van der Waals surface area contributed by atoms with E-state index in [1.807, 2.05) is 0 Å². The van der Waals surface area contributed by atoms with Crippen LogP contribution >= 0.6 is 0 Å². The molecule has 0 aliphatic rings. The molecule has 4 aromatic rings. The van der Waals surface area contributed by atoms with Gasteiger partial charge in [0.25, 0.3) is 23.6 Å². The number of carbonyl (C=O) groups excluding carboxylic acids is 8. The molecule has 19 N–H and O–H groups in total. The number of nitrogens with two attached hydrogens (primary N) is 5. The number of nitrogens with one attached hydrogen (secondary N) is 8. The van der Waals surface area contributed by atoms with Gasteiger partial charge in [-0.25, -0.2) is 0 Å². The molecule has 0 aliphatic heterocycles. The lowest BCUT2D eigenvalue weighted by atomic mass is 10.1. The van der Waals surface area contributed by atoms with Crippen molar-refractivity contribution in [3.63, 3.8) is 0 Å². The lowest BCUT2D eigenvalue weighted by molar-refractivity contribution is -0.138. The summed E-state index contributed by atoms with van der Waals surface area (Å²) in [6, 6.07) is 11.7. The molecule has 5 atom stereocenters. The summed E-state index contributed by atoms with van der Waals surface area (Å²) in [6.07, 6.45) is 5.03. The Morgan fingerprint density at radius 2 is 0.651 bits per heavy atom. The molecule has 0 unspecified atom stereocenters. The van der Waals surface area contributed by atoms with Crippen LogP contribution in [0.1, 0.15) is 125 Å². The highest BCUT2D eigenvalue weighted by atomic mass is 16.5. The van der Waals surface area contributed by atoms with Crippen molar-refractivity contribution in [2.24, 2.45) is 28.7 Å². The van der Waals surface area contributed by atoms with Crippen LogP contribution in [0.4, 0.5) is 22.7 Å². The van der Waals surface area contributed by atoms with E-state index in [0.717, 1.165) is 0 Å². The third-order valence-corrected chi connectivity index (χ3v) is 13.6. The molecular weight excluding hydrogens is 1110 g/mol. The third-order valence-electron chi connectivity index (χ3n) is 13.6. The van der Waals surface area contributed by atoms with Gasteiger partial charge in [-0.3, -0.25) is 43.2 Å². The molecule has 468 valence electrons. The smallest absolute Gasteiger partial charge is 0.325 e. The molecule has 0 bridgehead atoms. The maximum absolute atomic E-state index is 14.3. The highest BCUT2D eigenvalue weighted by Crippen LogP contribution is 2.28. The largest absolute Gasteiger partial charge is 0.496 e. The quantitative estimate of drug-likeness (QED) is 0.0289. The number of carbonyl (C=O) groups is 9. The Morgan fingerprint density at radius 3 is 0.907 bits per heavy atom. The first-order chi connectivity index (χ1) is 41.2. The van der Waals surface area contributed by atoms with Gasteiger partial charge in [0.2, 0.25) is 23.6 Å². The lowest BCUT2D eigenvalue weighted by Crippen LogP contribution is -2.44. The molecule has 8 amide bonds. The lowest BCUT2D eigenvalue weighted by Gasteiger charge is -2.22. The number of amides is 8. The van der Waals surface area contributed by atoms with E-state index in [-0.39, 0.29) is 87.3 Å². The van der Waals surface area contributed by atoms with E-state index in [2.05, 4.69) is 42.5 Å². The van der Waals surface area contributed by atoms with Gasteiger partial charge in [-0.15, -0.1) is 0 Å². The number of benzene rings is 4. The van der Waals surface area contributed by atoms with E-state index in [1.165, 1.54) is 102 Å². The number of aliphatic carboxylic acids is 1. The number of carboxylic acids is 1. The molecule has 0 aliphatic carbocycles. The molecule has 0 saturated heterocycles. The second-order valence-electron chi connectivity index (χ2n) is 20.0. The van der Waals surface area contributed by atoms with Crippen LogP contribution in [-0.4, -0.2) is 143 Å². The van der Waals surface area contributed by atoms with Gasteiger partial charge in [0.15, 0.2) is 0 Å². The van der Waals surface area contributed by atoms with Crippen molar-refractivity contribution in [1.29, 1.82) is 0 Å². The van der Waals surface area contributed by atoms with Gasteiger partial charge in [-0.1, -0.05) is 6.42 Å². The zero-order valence-corrected chi connectivity index (χ0v) is 49.3. The van der Waals surface area contributed by atoms with Gasteiger partial charge < -0.3 is 95.3 Å². The number of carboxylic acid groups (broad SMARTS) is 1. The van der Waals surface area contributed by atoms with Crippen LogP contribution in [0.15, 0.2) is 72.8 Å². The van der Waals surface area contributed by atoms with Crippen LogP contribution in [0.5, 0.6) is 23.0 Å². The summed E-state index contributed by atoms with van der Waals surface area (Å²) < 4.78 is 21.8. The Kier molecular flexibility index (Phi) is 29.2. The van der Waals surface area contributed by atoms with Crippen molar-refractivity contribution in [3.05, 3.63) is 95.1 Å². The molecule has 0 saturated carbocycles. The molecule has 0 aromatic heterocycles. The second-order valence-corrected chi connectivity index (χ2v) is 20.0. The highest BCUT2D eigenvalue weighted by molar-refractivity contribution is 6.08. The van der Waals surface area contributed by atoms with Gasteiger partial charge in [-0.05, 0) is 177 Å². The number of rotatable bonds is 37. The first-order valence-electron chi connectivity index (χ1n) is 28.2. The summed E-state index contributed by atoms with van der Waals surface area (Å²) in [4.78, 5) is 122.